The van der Waals surface area contributed by atoms with Crippen molar-refractivity contribution in [2.24, 2.45) is 5.92 Å². The number of carbonyl (C=O) groups is 1. The highest BCUT2D eigenvalue weighted by atomic mass is 32.2. The van der Waals surface area contributed by atoms with Crippen LogP contribution in [0.1, 0.15) is 46.5 Å². The minimum absolute atomic E-state index is 0.0954. The number of nitrogens with one attached hydrogen (secondary N) is 2. The molecule has 2 aromatic rings. The van der Waals surface area contributed by atoms with Crippen LogP contribution in [0.5, 0.6) is 11.5 Å². The lowest BCUT2D eigenvalue weighted by atomic mass is 9.85. The SMILES string of the molecule is CCOc1cc(NC(=O)[C@H]2CCCC[C@H]2OC)ccc1S(=O)(=O)Nc1cccc(OC(C)(C)F)c1. The third-order valence-corrected chi connectivity index (χ3v) is 7.01. The second-order valence-electron chi connectivity index (χ2n) is 8.85. The Kier molecular flexibility index (Phi) is 8.60. The largest absolute Gasteiger partial charge is 0.492 e. The number of ether oxygens (including phenoxy) is 3. The molecule has 35 heavy (non-hydrogen) atoms. The number of hydrogen-bond donors (Lipinski definition) is 2. The van der Waals surface area contributed by atoms with Crippen LogP contribution in [0.2, 0.25) is 0 Å². The lowest BCUT2D eigenvalue weighted by Crippen LogP contribution is -2.36. The van der Waals surface area contributed by atoms with Gasteiger partial charge in [-0.1, -0.05) is 18.9 Å². The molecular formula is C25H33FN2O6S. The zero-order valence-electron chi connectivity index (χ0n) is 20.5. The van der Waals surface area contributed by atoms with Gasteiger partial charge in [-0.25, -0.2) is 8.42 Å². The van der Waals surface area contributed by atoms with Crippen LogP contribution in [0.4, 0.5) is 15.8 Å². The number of hydrogen-bond acceptors (Lipinski definition) is 6. The smallest absolute Gasteiger partial charge is 0.265 e. The second-order valence-corrected chi connectivity index (χ2v) is 10.5. The van der Waals surface area contributed by atoms with Crippen LogP contribution in [-0.2, 0) is 19.6 Å². The van der Waals surface area contributed by atoms with Crippen molar-refractivity contribution in [3.63, 3.8) is 0 Å². The highest BCUT2D eigenvalue weighted by molar-refractivity contribution is 7.92. The van der Waals surface area contributed by atoms with Crippen molar-refractivity contribution in [3.05, 3.63) is 42.5 Å². The van der Waals surface area contributed by atoms with Gasteiger partial charge >= 0.3 is 0 Å². The van der Waals surface area contributed by atoms with E-state index < -0.39 is 15.9 Å². The maximum absolute atomic E-state index is 13.8. The van der Waals surface area contributed by atoms with Gasteiger partial charge in [0.25, 0.3) is 10.0 Å². The molecule has 2 aromatic carbocycles. The molecule has 0 aliphatic heterocycles. The third-order valence-electron chi connectivity index (χ3n) is 5.59. The Morgan fingerprint density at radius 3 is 2.54 bits per heavy atom. The van der Waals surface area contributed by atoms with Gasteiger partial charge in [0, 0.05) is 38.8 Å². The molecule has 0 saturated heterocycles. The van der Waals surface area contributed by atoms with E-state index in [-0.39, 0.29) is 46.6 Å². The number of anilines is 2. The Balaban J connectivity index is 1.81. The van der Waals surface area contributed by atoms with Crippen molar-refractivity contribution in [2.45, 2.75) is 63.3 Å². The van der Waals surface area contributed by atoms with Gasteiger partial charge in [0.15, 0.2) is 0 Å². The molecule has 10 heteroatoms. The molecule has 0 unspecified atom stereocenters. The molecule has 0 radical (unpaired) electrons. The minimum Gasteiger partial charge on any atom is -0.492 e. The van der Waals surface area contributed by atoms with E-state index in [1.54, 1.807) is 20.1 Å². The average Bonchev–Trinajstić information content (AvgIpc) is 2.78. The number of halogens is 1. The summed E-state index contributed by atoms with van der Waals surface area (Å²) < 4.78 is 58.8. The molecule has 2 atom stereocenters. The summed E-state index contributed by atoms with van der Waals surface area (Å²) in [6.07, 6.45) is 3.41. The lowest BCUT2D eigenvalue weighted by molar-refractivity contribution is -0.126. The van der Waals surface area contributed by atoms with Crippen molar-refractivity contribution in [1.82, 2.24) is 0 Å². The monoisotopic (exact) mass is 508 g/mol. The molecule has 1 fully saturated rings. The van der Waals surface area contributed by atoms with Gasteiger partial charge in [-0.2, -0.15) is 4.39 Å². The zero-order valence-corrected chi connectivity index (χ0v) is 21.3. The number of sulfonamides is 1. The topological polar surface area (TPSA) is 103 Å². The van der Waals surface area contributed by atoms with Gasteiger partial charge in [-0.3, -0.25) is 9.52 Å². The van der Waals surface area contributed by atoms with E-state index in [1.165, 1.54) is 50.2 Å². The van der Waals surface area contributed by atoms with E-state index in [2.05, 4.69) is 10.0 Å². The first-order valence-electron chi connectivity index (χ1n) is 11.6. The summed E-state index contributed by atoms with van der Waals surface area (Å²) in [7, 11) is -2.45. The van der Waals surface area contributed by atoms with Crippen LogP contribution in [0.15, 0.2) is 47.4 Å². The Morgan fingerprint density at radius 1 is 1.11 bits per heavy atom. The Hall–Kier alpha value is -2.85. The number of benzene rings is 2. The molecule has 8 nitrogen and oxygen atoms in total. The number of amides is 1. The standard InChI is InChI=1S/C25H33FN2O6S/c1-5-33-22-16-17(27-24(29)20-11-6-7-12-21(20)32-4)13-14-23(22)35(30,31)28-18-9-8-10-19(15-18)34-25(2,3)26/h8-10,13-16,20-21,28H,5-7,11-12H2,1-4H3,(H,27,29)/t20-,21+/m0/s1. The summed E-state index contributed by atoms with van der Waals surface area (Å²) in [5.41, 5.74) is 0.632. The predicted molar refractivity (Wildman–Crippen MR) is 132 cm³/mol. The summed E-state index contributed by atoms with van der Waals surface area (Å²) in [6.45, 7) is 4.47. The fraction of sp³-hybridized carbons (Fsp3) is 0.480. The molecule has 1 aliphatic rings. The first-order chi connectivity index (χ1) is 16.5. The minimum atomic E-state index is -4.06. The van der Waals surface area contributed by atoms with E-state index in [0.717, 1.165) is 25.7 Å². The normalized spacial score (nSPS) is 18.5. The van der Waals surface area contributed by atoms with E-state index in [9.17, 15) is 17.6 Å². The summed E-state index contributed by atoms with van der Waals surface area (Å²) in [5, 5.41) is 2.87. The fourth-order valence-electron chi connectivity index (χ4n) is 4.10. The number of rotatable bonds is 10. The summed E-state index contributed by atoms with van der Waals surface area (Å²) in [6, 6.07) is 10.4. The summed E-state index contributed by atoms with van der Waals surface area (Å²) in [4.78, 5) is 12.8. The van der Waals surface area contributed by atoms with E-state index in [1.807, 2.05) is 0 Å². The van der Waals surface area contributed by atoms with E-state index >= 15 is 0 Å². The van der Waals surface area contributed by atoms with Gasteiger partial charge in [0.05, 0.1) is 24.3 Å². The molecule has 3 rings (SSSR count). The Labute approximate surface area is 206 Å². The van der Waals surface area contributed by atoms with Gasteiger partial charge in [-0.05, 0) is 44.0 Å². The maximum atomic E-state index is 13.8. The zero-order chi connectivity index (χ0) is 25.6. The molecule has 1 saturated carbocycles. The van der Waals surface area contributed by atoms with Gasteiger partial charge in [0.2, 0.25) is 11.8 Å². The van der Waals surface area contributed by atoms with Gasteiger partial charge in [0.1, 0.15) is 16.4 Å². The lowest BCUT2D eigenvalue weighted by Gasteiger charge is -2.29. The number of alkyl halides is 1. The molecular weight excluding hydrogens is 475 g/mol. The molecule has 1 amide bonds. The first kappa shape index (κ1) is 26.7. The highest BCUT2D eigenvalue weighted by Crippen LogP contribution is 2.32. The third kappa shape index (κ3) is 7.32. The van der Waals surface area contributed by atoms with Crippen LogP contribution in [0, 0.1) is 5.92 Å². The van der Waals surface area contributed by atoms with Crippen molar-refractivity contribution in [1.29, 1.82) is 0 Å². The van der Waals surface area contributed by atoms with Crippen molar-refractivity contribution >= 4 is 27.3 Å². The molecule has 1 aliphatic carbocycles. The molecule has 0 spiro atoms. The van der Waals surface area contributed by atoms with Gasteiger partial charge < -0.3 is 19.5 Å². The summed E-state index contributed by atoms with van der Waals surface area (Å²) >= 11 is 0. The Bertz CT molecular complexity index is 1130. The van der Waals surface area contributed by atoms with E-state index in [4.69, 9.17) is 14.2 Å². The van der Waals surface area contributed by atoms with Crippen LogP contribution in [0.3, 0.4) is 0 Å². The number of methoxy groups -OCH3 is 1. The van der Waals surface area contributed by atoms with Crippen molar-refractivity contribution < 1.29 is 31.8 Å². The molecule has 0 aromatic heterocycles. The molecule has 0 heterocycles. The summed E-state index contributed by atoms with van der Waals surface area (Å²) in [5.74, 6) is -2.07. The van der Waals surface area contributed by atoms with Crippen molar-refractivity contribution in [3.8, 4) is 11.5 Å². The number of carbonyl (C=O) groups excluding carboxylic acids is 1. The van der Waals surface area contributed by atoms with Gasteiger partial charge in [-0.15, -0.1) is 0 Å². The first-order valence-corrected chi connectivity index (χ1v) is 13.1. The van der Waals surface area contributed by atoms with Crippen LogP contribution in [0.25, 0.3) is 0 Å². The predicted octanol–water partition coefficient (Wildman–Crippen LogP) is 5.11. The van der Waals surface area contributed by atoms with Crippen molar-refractivity contribution in [2.75, 3.05) is 23.8 Å². The van der Waals surface area contributed by atoms with Crippen LogP contribution >= 0.6 is 0 Å². The Morgan fingerprint density at radius 2 is 1.86 bits per heavy atom. The van der Waals surface area contributed by atoms with E-state index in [0.29, 0.717) is 5.69 Å². The molecule has 2 N–H and O–H groups in total. The quantitative estimate of drug-likeness (QED) is 0.462. The highest BCUT2D eigenvalue weighted by Gasteiger charge is 2.31. The molecule has 0 bridgehead atoms. The average molecular weight is 509 g/mol. The van der Waals surface area contributed by atoms with Crippen LogP contribution < -0.4 is 19.5 Å². The second kappa shape index (κ2) is 11.3. The maximum Gasteiger partial charge on any atom is 0.265 e. The van der Waals surface area contributed by atoms with Crippen LogP contribution in [-0.4, -0.2) is 40.0 Å². The fourth-order valence-corrected chi connectivity index (χ4v) is 5.28. The molecule has 192 valence electrons.